The molecule has 0 fully saturated rings. The second-order valence-corrected chi connectivity index (χ2v) is 4.53. The molecule has 2 N–H and O–H groups in total. The summed E-state index contributed by atoms with van der Waals surface area (Å²) in [7, 11) is 0. The van der Waals surface area contributed by atoms with Crippen LogP contribution in [-0.4, -0.2) is 10.1 Å². The van der Waals surface area contributed by atoms with E-state index in [1.54, 1.807) is 6.07 Å². The van der Waals surface area contributed by atoms with Gasteiger partial charge in [0.25, 0.3) is 0 Å². The standard InChI is InChI=1S/C16H11NO/c18-15-7-3-5-12-11(15)8-9-13-10-4-1-2-6-14(10)17-16(12)13/h1-9,17-18H. The first-order valence-corrected chi connectivity index (χ1v) is 5.96. The minimum absolute atomic E-state index is 0.327. The number of hydrogen-bond donors (Lipinski definition) is 2. The van der Waals surface area contributed by atoms with Crippen molar-refractivity contribution in [2.75, 3.05) is 0 Å². The van der Waals surface area contributed by atoms with Gasteiger partial charge in [-0.05, 0) is 18.2 Å². The van der Waals surface area contributed by atoms with Crippen molar-refractivity contribution in [1.29, 1.82) is 0 Å². The molecule has 1 heterocycles. The molecule has 0 saturated carbocycles. The van der Waals surface area contributed by atoms with E-state index in [2.05, 4.69) is 23.2 Å². The van der Waals surface area contributed by atoms with Gasteiger partial charge in [0.05, 0.1) is 5.52 Å². The Morgan fingerprint density at radius 3 is 2.33 bits per heavy atom. The van der Waals surface area contributed by atoms with Crippen molar-refractivity contribution < 1.29 is 5.11 Å². The lowest BCUT2D eigenvalue weighted by molar-refractivity contribution is 0.481. The van der Waals surface area contributed by atoms with Crippen LogP contribution < -0.4 is 0 Å². The summed E-state index contributed by atoms with van der Waals surface area (Å²) in [6.07, 6.45) is 0. The normalized spacial score (nSPS) is 11.6. The molecule has 0 aliphatic carbocycles. The van der Waals surface area contributed by atoms with Crippen LogP contribution in [0.5, 0.6) is 5.75 Å². The van der Waals surface area contributed by atoms with Crippen molar-refractivity contribution in [2.45, 2.75) is 0 Å². The second-order valence-electron chi connectivity index (χ2n) is 4.53. The molecule has 0 bridgehead atoms. The predicted molar refractivity (Wildman–Crippen MR) is 75.0 cm³/mol. The summed E-state index contributed by atoms with van der Waals surface area (Å²) in [4.78, 5) is 3.44. The fourth-order valence-electron chi connectivity index (χ4n) is 2.66. The highest BCUT2D eigenvalue weighted by Crippen LogP contribution is 2.34. The van der Waals surface area contributed by atoms with E-state index in [0.29, 0.717) is 5.75 Å². The van der Waals surface area contributed by atoms with Crippen LogP contribution in [0.2, 0.25) is 0 Å². The average Bonchev–Trinajstić information content (AvgIpc) is 2.78. The van der Waals surface area contributed by atoms with Gasteiger partial charge in [0, 0.05) is 27.1 Å². The molecule has 0 amide bonds. The van der Waals surface area contributed by atoms with E-state index in [1.165, 1.54) is 10.8 Å². The first-order valence-electron chi connectivity index (χ1n) is 5.96. The average molecular weight is 233 g/mol. The number of fused-ring (bicyclic) bond motifs is 5. The van der Waals surface area contributed by atoms with Gasteiger partial charge in [0.15, 0.2) is 0 Å². The summed E-state index contributed by atoms with van der Waals surface area (Å²) in [5.74, 6) is 0.327. The molecule has 0 spiro atoms. The predicted octanol–water partition coefficient (Wildman–Crippen LogP) is 4.18. The van der Waals surface area contributed by atoms with Crippen LogP contribution in [0.4, 0.5) is 0 Å². The summed E-state index contributed by atoms with van der Waals surface area (Å²) in [6.45, 7) is 0. The molecular weight excluding hydrogens is 222 g/mol. The van der Waals surface area contributed by atoms with Crippen LogP contribution in [0, 0.1) is 0 Å². The van der Waals surface area contributed by atoms with E-state index in [4.69, 9.17) is 0 Å². The smallest absolute Gasteiger partial charge is 0.123 e. The zero-order valence-corrected chi connectivity index (χ0v) is 9.64. The Morgan fingerprint density at radius 2 is 1.39 bits per heavy atom. The highest BCUT2D eigenvalue weighted by Gasteiger charge is 2.08. The van der Waals surface area contributed by atoms with Gasteiger partial charge in [-0.1, -0.05) is 36.4 Å². The Kier molecular flexibility index (Phi) is 1.73. The Hall–Kier alpha value is -2.48. The molecule has 0 unspecified atom stereocenters. The SMILES string of the molecule is Oc1cccc2c1ccc1c3ccccc3[nH]c21. The van der Waals surface area contributed by atoms with E-state index in [1.807, 2.05) is 30.3 Å². The third-order valence-electron chi connectivity index (χ3n) is 3.52. The maximum atomic E-state index is 9.89. The molecule has 0 saturated heterocycles. The Balaban J connectivity index is 2.32. The molecule has 3 aromatic carbocycles. The van der Waals surface area contributed by atoms with Gasteiger partial charge in [-0.3, -0.25) is 0 Å². The number of hydrogen-bond acceptors (Lipinski definition) is 1. The van der Waals surface area contributed by atoms with Crippen LogP contribution >= 0.6 is 0 Å². The monoisotopic (exact) mass is 233 g/mol. The van der Waals surface area contributed by atoms with Crippen LogP contribution in [0.1, 0.15) is 0 Å². The number of aromatic hydroxyl groups is 1. The lowest BCUT2D eigenvalue weighted by atomic mass is 10.1. The second kappa shape index (κ2) is 3.26. The lowest BCUT2D eigenvalue weighted by Gasteiger charge is -2.01. The Morgan fingerprint density at radius 1 is 0.667 bits per heavy atom. The van der Waals surface area contributed by atoms with E-state index in [-0.39, 0.29) is 0 Å². The number of aromatic amines is 1. The summed E-state index contributed by atoms with van der Waals surface area (Å²) >= 11 is 0. The van der Waals surface area contributed by atoms with Crippen LogP contribution in [0.15, 0.2) is 54.6 Å². The summed E-state index contributed by atoms with van der Waals surface area (Å²) in [5.41, 5.74) is 2.22. The van der Waals surface area contributed by atoms with Gasteiger partial charge >= 0.3 is 0 Å². The van der Waals surface area contributed by atoms with Crippen LogP contribution in [-0.2, 0) is 0 Å². The highest BCUT2D eigenvalue weighted by molar-refractivity contribution is 6.17. The Bertz CT molecular complexity index is 889. The molecular formula is C16H11NO. The van der Waals surface area contributed by atoms with E-state index in [0.717, 1.165) is 21.8 Å². The molecule has 4 rings (SSSR count). The van der Waals surface area contributed by atoms with Crippen molar-refractivity contribution >= 4 is 32.6 Å². The zero-order valence-electron chi connectivity index (χ0n) is 9.64. The first-order chi connectivity index (χ1) is 8.84. The first kappa shape index (κ1) is 9.54. The third kappa shape index (κ3) is 1.12. The summed E-state index contributed by atoms with van der Waals surface area (Å²) < 4.78 is 0. The fourth-order valence-corrected chi connectivity index (χ4v) is 2.66. The molecule has 86 valence electrons. The van der Waals surface area contributed by atoms with Crippen molar-refractivity contribution in [2.24, 2.45) is 0 Å². The minimum atomic E-state index is 0.327. The fraction of sp³-hybridized carbons (Fsp3) is 0. The maximum Gasteiger partial charge on any atom is 0.123 e. The topological polar surface area (TPSA) is 36.0 Å². The number of H-pyrrole nitrogens is 1. The summed E-state index contributed by atoms with van der Waals surface area (Å²) in [5, 5.41) is 14.3. The van der Waals surface area contributed by atoms with Crippen LogP contribution in [0.3, 0.4) is 0 Å². The van der Waals surface area contributed by atoms with Gasteiger partial charge in [-0.15, -0.1) is 0 Å². The van der Waals surface area contributed by atoms with Gasteiger partial charge in [-0.2, -0.15) is 0 Å². The molecule has 0 aliphatic heterocycles. The van der Waals surface area contributed by atoms with Crippen molar-refractivity contribution in [3.05, 3.63) is 54.6 Å². The molecule has 0 aliphatic rings. The number of para-hydroxylation sites is 1. The lowest BCUT2D eigenvalue weighted by Crippen LogP contribution is -1.76. The van der Waals surface area contributed by atoms with Crippen LogP contribution in [0.25, 0.3) is 32.6 Å². The summed E-state index contributed by atoms with van der Waals surface area (Å²) in [6, 6.07) is 17.9. The zero-order chi connectivity index (χ0) is 12.1. The molecule has 18 heavy (non-hydrogen) atoms. The van der Waals surface area contributed by atoms with Crippen molar-refractivity contribution in [1.82, 2.24) is 4.98 Å². The van der Waals surface area contributed by atoms with Gasteiger partial charge in [0.2, 0.25) is 0 Å². The van der Waals surface area contributed by atoms with E-state index >= 15 is 0 Å². The van der Waals surface area contributed by atoms with Gasteiger partial charge in [0.1, 0.15) is 5.75 Å². The minimum Gasteiger partial charge on any atom is -0.507 e. The number of phenolic OH excluding ortho intramolecular Hbond substituents is 1. The highest BCUT2D eigenvalue weighted by atomic mass is 16.3. The van der Waals surface area contributed by atoms with E-state index < -0.39 is 0 Å². The van der Waals surface area contributed by atoms with Crippen molar-refractivity contribution in [3.8, 4) is 5.75 Å². The number of benzene rings is 3. The molecule has 1 aromatic heterocycles. The quantitative estimate of drug-likeness (QED) is 0.469. The third-order valence-corrected chi connectivity index (χ3v) is 3.52. The molecule has 0 radical (unpaired) electrons. The largest absolute Gasteiger partial charge is 0.507 e. The number of rotatable bonds is 0. The van der Waals surface area contributed by atoms with Gasteiger partial charge < -0.3 is 10.1 Å². The molecule has 2 heteroatoms. The number of aromatic nitrogens is 1. The molecule has 0 atom stereocenters. The molecule has 4 aromatic rings. The number of nitrogens with one attached hydrogen (secondary N) is 1. The maximum absolute atomic E-state index is 9.89. The van der Waals surface area contributed by atoms with Crippen molar-refractivity contribution in [3.63, 3.8) is 0 Å². The van der Waals surface area contributed by atoms with E-state index in [9.17, 15) is 5.11 Å². The molecule has 2 nitrogen and oxygen atoms in total. The Labute approximate surface area is 103 Å². The number of phenols is 1. The van der Waals surface area contributed by atoms with Gasteiger partial charge in [-0.25, -0.2) is 0 Å².